The molecular weight excluding hydrogens is 224 g/mol. The lowest BCUT2D eigenvalue weighted by atomic mass is 10.3. The Hall–Kier alpha value is -2.30. The van der Waals surface area contributed by atoms with E-state index in [-0.39, 0.29) is 13.2 Å². The second-order valence-electron chi connectivity index (χ2n) is 3.04. The van der Waals surface area contributed by atoms with Crippen LogP contribution in [0.4, 0.5) is 0 Å². The zero-order chi connectivity index (χ0) is 12.7. The van der Waals surface area contributed by atoms with Gasteiger partial charge in [-0.3, -0.25) is 0 Å². The molecule has 1 aromatic rings. The average molecular weight is 236 g/mol. The average Bonchev–Trinajstić information content (AvgIpc) is 2.80. The Morgan fingerprint density at radius 2 is 1.76 bits per heavy atom. The van der Waals surface area contributed by atoms with E-state index in [1.165, 1.54) is 6.26 Å². The van der Waals surface area contributed by atoms with E-state index in [0.29, 0.717) is 11.3 Å². The molecule has 0 aliphatic carbocycles. The summed E-state index contributed by atoms with van der Waals surface area (Å²) in [4.78, 5) is 21.6. The molecule has 0 saturated carbocycles. The van der Waals surface area contributed by atoms with Gasteiger partial charge >= 0.3 is 11.9 Å². The van der Waals surface area contributed by atoms with Gasteiger partial charge in [-0.1, -0.05) is 13.2 Å². The molecule has 0 amide bonds. The van der Waals surface area contributed by atoms with Gasteiger partial charge in [0.1, 0.15) is 19.0 Å². The predicted octanol–water partition coefficient (Wildman–Crippen LogP) is 1.74. The predicted molar refractivity (Wildman–Crippen MR) is 58.7 cm³/mol. The molecule has 0 radical (unpaired) electrons. The van der Waals surface area contributed by atoms with Crippen molar-refractivity contribution in [3.63, 3.8) is 0 Å². The fourth-order valence-electron chi connectivity index (χ4n) is 0.992. The molecule has 0 aliphatic heterocycles. The zero-order valence-corrected chi connectivity index (χ0v) is 9.18. The minimum Gasteiger partial charge on any atom is -0.465 e. The van der Waals surface area contributed by atoms with Gasteiger partial charge in [-0.25, -0.2) is 9.59 Å². The third-order valence-corrected chi connectivity index (χ3v) is 1.78. The van der Waals surface area contributed by atoms with Gasteiger partial charge in [-0.2, -0.15) is 0 Å². The first-order valence-electron chi connectivity index (χ1n) is 4.80. The van der Waals surface area contributed by atoms with Crippen molar-refractivity contribution < 1.29 is 23.5 Å². The van der Waals surface area contributed by atoms with Gasteiger partial charge in [0, 0.05) is 17.7 Å². The summed E-state index contributed by atoms with van der Waals surface area (Å²) in [5, 5.41) is 0. The second kappa shape index (κ2) is 6.32. The minimum absolute atomic E-state index is 0.0141. The molecule has 1 heterocycles. The van der Waals surface area contributed by atoms with Gasteiger partial charge in [0.15, 0.2) is 0 Å². The minimum atomic E-state index is -0.527. The van der Waals surface area contributed by atoms with Crippen molar-refractivity contribution in [1.29, 1.82) is 0 Å². The standard InChI is InChI=1S/C12H12O5/c1-3-11(13)16-7-9-5-10(15-6-9)8-17-12(14)4-2/h3-6H,1-2,7-8H2. The van der Waals surface area contributed by atoms with Crippen LogP contribution in [0.15, 0.2) is 42.1 Å². The van der Waals surface area contributed by atoms with Gasteiger partial charge in [0.25, 0.3) is 0 Å². The Morgan fingerprint density at radius 1 is 1.18 bits per heavy atom. The van der Waals surface area contributed by atoms with Crippen LogP contribution in [0.1, 0.15) is 11.3 Å². The Kier molecular flexibility index (Phi) is 4.75. The quantitative estimate of drug-likeness (QED) is 0.556. The fraction of sp³-hybridized carbons (Fsp3) is 0.167. The molecule has 0 atom stereocenters. The summed E-state index contributed by atoms with van der Waals surface area (Å²) in [6.07, 6.45) is 3.57. The number of ether oxygens (including phenoxy) is 2. The van der Waals surface area contributed by atoms with Crippen LogP contribution in [0.25, 0.3) is 0 Å². The number of hydrogen-bond acceptors (Lipinski definition) is 5. The molecule has 1 rings (SSSR count). The third kappa shape index (κ3) is 4.38. The molecule has 0 saturated heterocycles. The van der Waals surface area contributed by atoms with E-state index in [0.717, 1.165) is 12.2 Å². The van der Waals surface area contributed by atoms with E-state index in [1.54, 1.807) is 6.07 Å². The van der Waals surface area contributed by atoms with Crippen LogP contribution in [0.5, 0.6) is 0 Å². The molecule has 0 spiro atoms. The molecular formula is C12H12O5. The first-order valence-corrected chi connectivity index (χ1v) is 4.80. The van der Waals surface area contributed by atoms with Crippen LogP contribution < -0.4 is 0 Å². The van der Waals surface area contributed by atoms with Crippen LogP contribution in [0.2, 0.25) is 0 Å². The fourth-order valence-corrected chi connectivity index (χ4v) is 0.992. The SMILES string of the molecule is C=CC(=O)OCc1coc(COC(=O)C=C)c1. The molecule has 0 fully saturated rings. The monoisotopic (exact) mass is 236 g/mol. The maximum absolute atomic E-state index is 10.8. The van der Waals surface area contributed by atoms with Gasteiger partial charge in [0.05, 0.1) is 6.26 Å². The molecule has 0 aromatic carbocycles. The molecule has 0 aliphatic rings. The lowest BCUT2D eigenvalue weighted by Gasteiger charge is -1.97. The van der Waals surface area contributed by atoms with Crippen molar-refractivity contribution in [1.82, 2.24) is 0 Å². The van der Waals surface area contributed by atoms with E-state index in [4.69, 9.17) is 13.9 Å². The summed E-state index contributed by atoms with van der Waals surface area (Å²) >= 11 is 0. The Balaban J connectivity index is 2.42. The van der Waals surface area contributed by atoms with Crippen LogP contribution in [0.3, 0.4) is 0 Å². The normalized spacial score (nSPS) is 9.41. The third-order valence-electron chi connectivity index (χ3n) is 1.78. The maximum Gasteiger partial charge on any atom is 0.330 e. The topological polar surface area (TPSA) is 65.7 Å². The van der Waals surface area contributed by atoms with Crippen molar-refractivity contribution in [2.24, 2.45) is 0 Å². The van der Waals surface area contributed by atoms with Gasteiger partial charge < -0.3 is 13.9 Å². The first-order chi connectivity index (χ1) is 8.15. The van der Waals surface area contributed by atoms with Crippen molar-refractivity contribution in [3.05, 3.63) is 49.0 Å². The number of furan rings is 1. The van der Waals surface area contributed by atoms with Crippen molar-refractivity contribution in [3.8, 4) is 0 Å². The first kappa shape index (κ1) is 12.8. The van der Waals surface area contributed by atoms with Crippen LogP contribution >= 0.6 is 0 Å². The summed E-state index contributed by atoms with van der Waals surface area (Å²) < 4.78 is 14.7. The molecule has 90 valence electrons. The van der Waals surface area contributed by atoms with E-state index in [1.807, 2.05) is 0 Å². The Morgan fingerprint density at radius 3 is 2.35 bits per heavy atom. The van der Waals surface area contributed by atoms with Gasteiger partial charge in [0.2, 0.25) is 0 Å². The lowest BCUT2D eigenvalue weighted by Crippen LogP contribution is -2.00. The summed E-state index contributed by atoms with van der Waals surface area (Å²) in [6.45, 7) is 6.64. The number of carbonyl (C=O) groups is 2. The molecule has 17 heavy (non-hydrogen) atoms. The molecule has 5 nitrogen and oxygen atoms in total. The van der Waals surface area contributed by atoms with Gasteiger partial charge in [-0.15, -0.1) is 0 Å². The summed E-state index contributed by atoms with van der Waals surface area (Å²) in [6, 6.07) is 1.63. The van der Waals surface area contributed by atoms with Crippen LogP contribution in [-0.2, 0) is 32.3 Å². The summed E-state index contributed by atoms with van der Waals surface area (Å²) in [5.74, 6) is -0.572. The van der Waals surface area contributed by atoms with Gasteiger partial charge in [-0.05, 0) is 6.07 Å². The van der Waals surface area contributed by atoms with Crippen LogP contribution in [-0.4, -0.2) is 11.9 Å². The number of esters is 2. The number of hydrogen-bond donors (Lipinski definition) is 0. The molecule has 0 unspecified atom stereocenters. The van der Waals surface area contributed by atoms with E-state index in [9.17, 15) is 9.59 Å². The van der Waals surface area contributed by atoms with Crippen LogP contribution in [0, 0.1) is 0 Å². The highest BCUT2D eigenvalue weighted by atomic mass is 16.5. The highest BCUT2D eigenvalue weighted by Crippen LogP contribution is 2.10. The summed E-state index contributed by atoms with van der Waals surface area (Å²) in [7, 11) is 0. The highest BCUT2D eigenvalue weighted by molar-refractivity contribution is 5.81. The Bertz CT molecular complexity index is 391. The molecule has 0 bridgehead atoms. The van der Waals surface area contributed by atoms with E-state index >= 15 is 0 Å². The number of carbonyl (C=O) groups excluding carboxylic acids is 2. The van der Waals surface area contributed by atoms with E-state index < -0.39 is 11.9 Å². The Labute approximate surface area is 98.3 Å². The van der Waals surface area contributed by atoms with Crippen molar-refractivity contribution >= 4 is 11.9 Å². The smallest absolute Gasteiger partial charge is 0.330 e. The zero-order valence-electron chi connectivity index (χ0n) is 9.18. The molecule has 5 heteroatoms. The lowest BCUT2D eigenvalue weighted by molar-refractivity contribution is -0.140. The molecule has 0 N–H and O–H groups in total. The maximum atomic E-state index is 10.8. The second-order valence-corrected chi connectivity index (χ2v) is 3.04. The van der Waals surface area contributed by atoms with Crippen molar-refractivity contribution in [2.45, 2.75) is 13.2 Å². The summed E-state index contributed by atoms with van der Waals surface area (Å²) in [5.41, 5.74) is 0.671. The van der Waals surface area contributed by atoms with Crippen molar-refractivity contribution in [2.75, 3.05) is 0 Å². The highest BCUT2D eigenvalue weighted by Gasteiger charge is 2.05. The largest absolute Gasteiger partial charge is 0.465 e. The molecule has 1 aromatic heterocycles. The van der Waals surface area contributed by atoms with E-state index in [2.05, 4.69) is 13.2 Å². The number of rotatable bonds is 6.